The molecule has 0 amide bonds. The predicted octanol–water partition coefficient (Wildman–Crippen LogP) is 8.97. The molecule has 6 nitrogen and oxygen atoms in total. The van der Waals surface area contributed by atoms with Crippen molar-refractivity contribution in [3.63, 3.8) is 0 Å². The Labute approximate surface area is 241 Å². The Morgan fingerprint density at radius 2 is 0.821 bits per heavy atom. The molecule has 0 spiro atoms. The normalized spacial score (nSPS) is 11.6. The third kappa shape index (κ3) is 29.8. The highest BCUT2D eigenvalue weighted by Crippen LogP contribution is 2.15. The van der Waals surface area contributed by atoms with E-state index >= 15 is 0 Å². The highest BCUT2D eigenvalue weighted by atomic mass is 32.2. The third-order valence-corrected chi connectivity index (χ3v) is 8.58. The van der Waals surface area contributed by atoms with Crippen molar-refractivity contribution in [3.8, 4) is 0 Å². The molecule has 0 heterocycles. The average molecular weight is 575 g/mol. The van der Waals surface area contributed by atoms with Crippen LogP contribution in [0.25, 0.3) is 0 Å². The largest absolute Gasteiger partial charge is 0.395 e. The molecule has 0 aliphatic heterocycles. The van der Waals surface area contributed by atoms with E-state index < -0.39 is 28.4 Å². The minimum atomic E-state index is -3.92. The quantitative estimate of drug-likeness (QED) is 0.0655. The molecule has 0 aliphatic carbocycles. The van der Waals surface area contributed by atoms with Crippen molar-refractivity contribution in [2.24, 2.45) is 0 Å². The fourth-order valence-corrected chi connectivity index (χ4v) is 5.66. The summed E-state index contributed by atoms with van der Waals surface area (Å²) in [6, 6.07) is 0. The van der Waals surface area contributed by atoms with Crippen LogP contribution >= 0.6 is 0 Å². The van der Waals surface area contributed by atoms with Gasteiger partial charge in [0.15, 0.2) is 0 Å². The molecule has 0 rings (SSSR count). The summed E-state index contributed by atoms with van der Waals surface area (Å²) in [5, 5.41) is 8.62. The first-order valence-electron chi connectivity index (χ1n) is 16.5. The van der Waals surface area contributed by atoms with Gasteiger partial charge in [-0.15, -0.1) is 0 Å². The van der Waals surface area contributed by atoms with Crippen molar-refractivity contribution < 1.29 is 27.3 Å². The summed E-state index contributed by atoms with van der Waals surface area (Å²) < 4.78 is 27.0. The van der Waals surface area contributed by atoms with Gasteiger partial charge in [0, 0.05) is 19.3 Å². The van der Waals surface area contributed by atoms with Crippen LogP contribution in [0.4, 0.5) is 0 Å². The number of aliphatic hydroxyl groups excluding tert-OH is 1. The number of ketones is 1. The van der Waals surface area contributed by atoms with Crippen molar-refractivity contribution in [2.75, 3.05) is 12.4 Å². The van der Waals surface area contributed by atoms with Crippen molar-refractivity contribution in [2.45, 2.75) is 180 Å². The van der Waals surface area contributed by atoms with E-state index in [1.54, 1.807) is 0 Å². The van der Waals surface area contributed by atoms with Gasteiger partial charge in [0.05, 0.1) is 6.61 Å². The Kier molecular flexibility index (Phi) is 27.9. The summed E-state index contributed by atoms with van der Waals surface area (Å²) in [7, 11) is -3.92. The summed E-state index contributed by atoms with van der Waals surface area (Å²) in [4.78, 5) is 23.5. The van der Waals surface area contributed by atoms with Crippen LogP contribution in [0.15, 0.2) is 0 Å². The van der Waals surface area contributed by atoms with Crippen LogP contribution in [0.2, 0.25) is 0 Å². The first-order valence-corrected chi connectivity index (χ1v) is 18.1. The minimum Gasteiger partial charge on any atom is -0.395 e. The van der Waals surface area contributed by atoms with E-state index in [0.29, 0.717) is 12.2 Å². The van der Waals surface area contributed by atoms with Gasteiger partial charge in [0.25, 0.3) is 0 Å². The zero-order valence-corrected chi connectivity index (χ0v) is 26.2. The lowest BCUT2D eigenvalue weighted by molar-refractivity contribution is -0.134. The van der Waals surface area contributed by atoms with Gasteiger partial charge in [0.1, 0.15) is 11.5 Å². The molecule has 0 aromatic heterocycles. The van der Waals surface area contributed by atoms with E-state index in [2.05, 4.69) is 11.1 Å². The Balaban J connectivity index is 3.26. The van der Waals surface area contributed by atoms with E-state index in [4.69, 9.17) is 5.11 Å². The van der Waals surface area contributed by atoms with Gasteiger partial charge in [-0.1, -0.05) is 142 Å². The summed E-state index contributed by atoms with van der Waals surface area (Å²) in [6.45, 7) is 1.72. The molecule has 0 saturated carbocycles. The zero-order valence-electron chi connectivity index (χ0n) is 25.4. The van der Waals surface area contributed by atoms with Gasteiger partial charge in [-0.2, -0.15) is 8.42 Å². The number of carbonyl (C=O) groups is 2. The van der Waals surface area contributed by atoms with Crippen LogP contribution < -0.4 is 0 Å². The Hall–Kier alpha value is -0.950. The summed E-state index contributed by atoms with van der Waals surface area (Å²) in [5.41, 5.74) is 0. The number of rotatable bonds is 31. The molecule has 232 valence electrons. The molecule has 0 aliphatic rings. The molecule has 0 radical (unpaired) electrons. The summed E-state index contributed by atoms with van der Waals surface area (Å²) >= 11 is 0. The van der Waals surface area contributed by atoms with Crippen molar-refractivity contribution >= 4 is 21.9 Å². The number of hydrogen-bond acceptors (Lipinski definition) is 6. The molecular weight excluding hydrogens is 512 g/mol. The second kappa shape index (κ2) is 28.6. The first kappa shape index (κ1) is 38.0. The number of aliphatic hydroxyl groups is 1. The molecule has 7 heteroatoms. The average Bonchev–Trinajstić information content (AvgIpc) is 2.89. The summed E-state index contributed by atoms with van der Waals surface area (Å²) in [5.74, 6) is -0.787. The molecule has 0 atom stereocenters. The van der Waals surface area contributed by atoms with Gasteiger partial charge in [-0.25, -0.2) is 0 Å². The van der Waals surface area contributed by atoms with Crippen molar-refractivity contribution in [1.29, 1.82) is 0 Å². The van der Waals surface area contributed by atoms with Crippen LogP contribution in [-0.4, -0.2) is 37.6 Å². The monoisotopic (exact) mass is 574 g/mol. The maximum absolute atomic E-state index is 12.0. The third-order valence-electron chi connectivity index (χ3n) is 7.46. The number of hydrogen-bond donors (Lipinski definition) is 1. The first-order chi connectivity index (χ1) is 18.9. The van der Waals surface area contributed by atoms with Gasteiger partial charge in [0.2, 0.25) is 0 Å². The Morgan fingerprint density at radius 3 is 1.15 bits per heavy atom. The number of Topliss-reactive ketones (excluding diaryl/α,β-unsaturated/α-hetero) is 1. The lowest BCUT2D eigenvalue weighted by Crippen LogP contribution is -2.17. The molecule has 39 heavy (non-hydrogen) atoms. The van der Waals surface area contributed by atoms with E-state index in [1.165, 1.54) is 116 Å². The number of carbonyl (C=O) groups excluding carboxylic acids is 2. The highest BCUT2D eigenvalue weighted by Gasteiger charge is 2.15. The van der Waals surface area contributed by atoms with Gasteiger partial charge < -0.3 is 9.29 Å². The van der Waals surface area contributed by atoms with E-state index in [0.717, 1.165) is 44.9 Å². The topological polar surface area (TPSA) is 97.7 Å². The molecule has 0 fully saturated rings. The SMILES string of the molecule is CCCCCCCCCCCC(=O)CCCCCCCCCCCCCCCCCC(=O)OS(=O)(=O)CCO. The fourth-order valence-electron chi connectivity index (χ4n) is 4.98. The minimum absolute atomic E-state index is 0.113. The van der Waals surface area contributed by atoms with Crippen molar-refractivity contribution in [1.82, 2.24) is 0 Å². The maximum atomic E-state index is 12.0. The van der Waals surface area contributed by atoms with Crippen LogP contribution in [0, 0.1) is 0 Å². The molecular formula is C32H62O6S. The van der Waals surface area contributed by atoms with Crippen LogP contribution in [0.1, 0.15) is 180 Å². The van der Waals surface area contributed by atoms with Crippen LogP contribution in [-0.2, 0) is 23.9 Å². The Bertz CT molecular complexity index is 662. The number of unbranched alkanes of at least 4 members (excludes halogenated alkanes) is 22. The second-order valence-electron chi connectivity index (χ2n) is 11.4. The van der Waals surface area contributed by atoms with Gasteiger partial charge >= 0.3 is 16.1 Å². The van der Waals surface area contributed by atoms with E-state index in [1.807, 2.05) is 0 Å². The van der Waals surface area contributed by atoms with E-state index in [-0.39, 0.29) is 6.42 Å². The standard InChI is InChI=1S/C32H62O6S/c1-2-3-4-5-6-14-17-20-23-26-31(34)27-24-21-18-15-12-10-8-7-9-11-13-16-19-22-25-28-32(35)38-39(36,37)30-29-33/h33H,2-30H2,1H3. The van der Waals surface area contributed by atoms with Crippen LogP contribution in [0.3, 0.4) is 0 Å². The maximum Gasteiger partial charge on any atom is 0.322 e. The van der Waals surface area contributed by atoms with Crippen molar-refractivity contribution in [3.05, 3.63) is 0 Å². The molecule has 0 unspecified atom stereocenters. The highest BCUT2D eigenvalue weighted by molar-refractivity contribution is 7.87. The molecule has 0 saturated heterocycles. The van der Waals surface area contributed by atoms with Gasteiger partial charge in [-0.05, 0) is 19.3 Å². The summed E-state index contributed by atoms with van der Waals surface area (Å²) in [6.07, 6.45) is 31.1. The van der Waals surface area contributed by atoms with E-state index in [9.17, 15) is 18.0 Å². The molecule has 0 aromatic rings. The zero-order chi connectivity index (χ0) is 28.9. The molecule has 0 aromatic carbocycles. The van der Waals surface area contributed by atoms with Crippen LogP contribution in [0.5, 0.6) is 0 Å². The molecule has 0 bridgehead atoms. The smallest absolute Gasteiger partial charge is 0.322 e. The fraction of sp³-hybridized carbons (Fsp3) is 0.938. The lowest BCUT2D eigenvalue weighted by Gasteiger charge is -2.05. The lowest BCUT2D eigenvalue weighted by atomic mass is 10.0. The second-order valence-corrected chi connectivity index (χ2v) is 13.1. The predicted molar refractivity (Wildman–Crippen MR) is 162 cm³/mol. The van der Waals surface area contributed by atoms with Gasteiger partial charge in [-0.3, -0.25) is 9.59 Å². The Morgan fingerprint density at radius 1 is 0.513 bits per heavy atom. The molecule has 1 N–H and O–H groups in total.